The number of quaternary nitrogens is 1. The summed E-state index contributed by atoms with van der Waals surface area (Å²) in [7, 11) is 0. The summed E-state index contributed by atoms with van der Waals surface area (Å²) in [6, 6.07) is 8.49. The van der Waals surface area contributed by atoms with Crippen molar-refractivity contribution in [2.45, 2.75) is 33.9 Å². The number of likely N-dealkylation sites (N-methyl/N-ethyl adjacent to an activating group) is 1. The predicted molar refractivity (Wildman–Crippen MR) is 118 cm³/mol. The molecule has 3 aliphatic heterocycles. The summed E-state index contributed by atoms with van der Waals surface area (Å²) in [6.45, 7) is 19.2. The van der Waals surface area contributed by atoms with Crippen LogP contribution in [0.4, 0.5) is 17.3 Å². The van der Waals surface area contributed by atoms with Gasteiger partial charge in [0.2, 0.25) is 6.33 Å². The van der Waals surface area contributed by atoms with Crippen molar-refractivity contribution in [2.24, 2.45) is 10.2 Å². The van der Waals surface area contributed by atoms with Crippen LogP contribution in [-0.4, -0.2) is 78.1 Å². The Bertz CT molecular complexity index is 813. The van der Waals surface area contributed by atoms with Gasteiger partial charge in [0.15, 0.2) is 0 Å². The van der Waals surface area contributed by atoms with Gasteiger partial charge in [0, 0.05) is 37.0 Å². The third-order valence-corrected chi connectivity index (χ3v) is 6.83. The van der Waals surface area contributed by atoms with E-state index in [1.54, 1.807) is 0 Å². The number of aromatic nitrogens is 3. The molecule has 5 rings (SSSR count). The van der Waals surface area contributed by atoms with Crippen LogP contribution in [0.3, 0.4) is 0 Å². The van der Waals surface area contributed by atoms with Crippen molar-refractivity contribution in [3.63, 3.8) is 0 Å². The minimum atomic E-state index is 0.782. The number of piperazine rings is 3. The summed E-state index contributed by atoms with van der Waals surface area (Å²) in [5.74, 6) is 0.787. The van der Waals surface area contributed by atoms with Crippen LogP contribution in [-0.2, 0) is 13.1 Å². The number of rotatable bonds is 9. The molecular formula is C22H36N8+2. The standard InChI is InChI=1S/C22H36N8/c1-4-27(14-18-30-15-11-26(12-16-30)13-17-30)21-9-7-20(8-10-21)24-25-22-28(5-2)19-23-29(22)6-3/h7-10,19H,4-6,11-18H2,1-3H3/q+2. The molecule has 0 spiro atoms. The van der Waals surface area contributed by atoms with Gasteiger partial charge in [-0.1, -0.05) is 5.11 Å². The van der Waals surface area contributed by atoms with Gasteiger partial charge in [0.25, 0.3) is 0 Å². The Balaban J connectivity index is 1.40. The molecule has 3 saturated heterocycles. The largest absolute Gasteiger partial charge is 0.403 e. The van der Waals surface area contributed by atoms with Gasteiger partial charge in [0.1, 0.15) is 0 Å². The minimum Gasteiger partial charge on any atom is -0.366 e. The van der Waals surface area contributed by atoms with E-state index in [2.05, 4.69) is 70.2 Å². The van der Waals surface area contributed by atoms with Crippen LogP contribution in [0.5, 0.6) is 0 Å². The predicted octanol–water partition coefficient (Wildman–Crippen LogP) is 2.60. The summed E-state index contributed by atoms with van der Waals surface area (Å²) >= 11 is 0. The summed E-state index contributed by atoms with van der Waals surface area (Å²) in [6.07, 6.45) is 1.81. The molecule has 2 bridgehead atoms. The molecule has 0 unspecified atom stereocenters. The molecule has 0 amide bonds. The molecule has 162 valence electrons. The lowest BCUT2D eigenvalue weighted by Crippen LogP contribution is -2.68. The first kappa shape index (κ1) is 20.9. The lowest BCUT2D eigenvalue weighted by Gasteiger charge is -2.51. The molecule has 0 N–H and O–H groups in total. The Morgan fingerprint density at radius 1 is 1.03 bits per heavy atom. The van der Waals surface area contributed by atoms with Gasteiger partial charge in [-0.3, -0.25) is 4.90 Å². The fourth-order valence-corrected chi connectivity index (χ4v) is 4.63. The number of benzene rings is 1. The van der Waals surface area contributed by atoms with Gasteiger partial charge in [0.05, 0.1) is 51.5 Å². The molecule has 8 heteroatoms. The van der Waals surface area contributed by atoms with Gasteiger partial charge in [-0.25, -0.2) is 4.57 Å². The molecular weight excluding hydrogens is 376 g/mol. The van der Waals surface area contributed by atoms with Crippen LogP contribution >= 0.6 is 0 Å². The number of aryl methyl sites for hydroxylation is 2. The molecule has 0 saturated carbocycles. The van der Waals surface area contributed by atoms with Crippen LogP contribution in [0.1, 0.15) is 20.8 Å². The summed E-state index contributed by atoms with van der Waals surface area (Å²) in [5.41, 5.74) is 2.14. The molecule has 0 radical (unpaired) electrons. The molecule has 3 aliphatic rings. The van der Waals surface area contributed by atoms with Gasteiger partial charge < -0.3 is 9.38 Å². The van der Waals surface area contributed by atoms with Crippen LogP contribution < -0.4 is 9.47 Å². The zero-order valence-corrected chi connectivity index (χ0v) is 18.7. The molecule has 1 aromatic carbocycles. The molecule has 0 aliphatic carbocycles. The third-order valence-electron chi connectivity index (χ3n) is 6.83. The van der Waals surface area contributed by atoms with Gasteiger partial charge in [-0.15, -0.1) is 4.68 Å². The zero-order chi connectivity index (χ0) is 21.0. The Labute approximate surface area is 180 Å². The number of fused-ring (bicyclic) bond motifs is 3. The van der Waals surface area contributed by atoms with Crippen LogP contribution in [0.25, 0.3) is 0 Å². The second-order valence-electron chi connectivity index (χ2n) is 8.41. The maximum absolute atomic E-state index is 4.46. The summed E-state index contributed by atoms with van der Waals surface area (Å²) in [5, 5.41) is 13.3. The highest BCUT2D eigenvalue weighted by atomic mass is 15.5. The quantitative estimate of drug-likeness (QED) is 0.361. The van der Waals surface area contributed by atoms with Crippen molar-refractivity contribution < 1.29 is 9.05 Å². The van der Waals surface area contributed by atoms with E-state index in [9.17, 15) is 0 Å². The smallest absolute Gasteiger partial charge is 0.366 e. The van der Waals surface area contributed by atoms with E-state index < -0.39 is 0 Å². The number of hydrogen-bond donors (Lipinski definition) is 0. The van der Waals surface area contributed by atoms with E-state index in [-0.39, 0.29) is 0 Å². The summed E-state index contributed by atoms with van der Waals surface area (Å²) < 4.78 is 5.18. The topological polar surface area (TPSA) is 52.9 Å². The van der Waals surface area contributed by atoms with Crippen molar-refractivity contribution in [1.29, 1.82) is 0 Å². The first-order valence-corrected chi connectivity index (χ1v) is 11.5. The number of nitrogens with zero attached hydrogens (tertiary/aromatic N) is 8. The fourth-order valence-electron chi connectivity index (χ4n) is 4.63. The second-order valence-corrected chi connectivity index (χ2v) is 8.41. The molecule has 4 heterocycles. The van der Waals surface area contributed by atoms with E-state index in [0.29, 0.717) is 0 Å². The minimum absolute atomic E-state index is 0.782. The molecule has 30 heavy (non-hydrogen) atoms. The molecule has 1 aromatic heterocycles. The van der Waals surface area contributed by atoms with Gasteiger partial charge in [-0.2, -0.15) is 0 Å². The van der Waals surface area contributed by atoms with Crippen LogP contribution in [0.15, 0.2) is 40.8 Å². The SMILES string of the molecule is CCN(CC[N+]12CCN(CC1)CC2)c1ccc(N=Nc2n(CC)nc[n+]2CC)cc1. The van der Waals surface area contributed by atoms with Crippen molar-refractivity contribution in [1.82, 2.24) is 14.7 Å². The third kappa shape index (κ3) is 4.39. The second kappa shape index (κ2) is 9.22. The van der Waals surface area contributed by atoms with Crippen molar-refractivity contribution in [3.8, 4) is 0 Å². The van der Waals surface area contributed by atoms with E-state index in [0.717, 1.165) is 37.8 Å². The van der Waals surface area contributed by atoms with Crippen LogP contribution in [0.2, 0.25) is 0 Å². The monoisotopic (exact) mass is 412 g/mol. The summed E-state index contributed by atoms with van der Waals surface area (Å²) in [4.78, 5) is 5.10. The van der Waals surface area contributed by atoms with Gasteiger partial charge >= 0.3 is 5.95 Å². The first-order valence-electron chi connectivity index (χ1n) is 11.5. The lowest BCUT2D eigenvalue weighted by molar-refractivity contribution is -0.939. The fraction of sp³-hybridized carbons (Fsp3) is 0.636. The van der Waals surface area contributed by atoms with E-state index >= 15 is 0 Å². The molecule has 3 fully saturated rings. The maximum atomic E-state index is 4.46. The Hall–Kier alpha value is -2.32. The highest BCUT2D eigenvalue weighted by Gasteiger charge is 2.38. The first-order chi connectivity index (χ1) is 14.7. The highest BCUT2D eigenvalue weighted by molar-refractivity contribution is 5.52. The average molecular weight is 413 g/mol. The van der Waals surface area contributed by atoms with E-state index in [1.807, 2.05) is 15.6 Å². The number of hydrogen-bond acceptors (Lipinski definition) is 5. The number of anilines is 1. The molecule has 2 aromatic rings. The van der Waals surface area contributed by atoms with Crippen molar-refractivity contribution in [2.75, 3.05) is 63.8 Å². The van der Waals surface area contributed by atoms with Crippen LogP contribution in [0, 0.1) is 0 Å². The van der Waals surface area contributed by atoms with Crippen molar-refractivity contribution >= 4 is 17.3 Å². The van der Waals surface area contributed by atoms with Crippen molar-refractivity contribution in [3.05, 3.63) is 30.6 Å². The Morgan fingerprint density at radius 3 is 2.33 bits per heavy atom. The van der Waals surface area contributed by atoms with E-state index in [4.69, 9.17) is 0 Å². The number of azo groups is 1. The average Bonchev–Trinajstić information content (AvgIpc) is 3.22. The lowest BCUT2D eigenvalue weighted by atomic mass is 10.1. The normalized spacial score (nSPS) is 23.4. The van der Waals surface area contributed by atoms with Gasteiger partial charge in [-0.05, 0) is 50.1 Å². The molecule has 0 atom stereocenters. The zero-order valence-electron chi connectivity index (χ0n) is 18.7. The highest BCUT2D eigenvalue weighted by Crippen LogP contribution is 2.23. The van der Waals surface area contributed by atoms with E-state index in [1.165, 1.54) is 56.0 Å². The Kier molecular flexibility index (Phi) is 6.43. The molecule has 8 nitrogen and oxygen atoms in total. The Morgan fingerprint density at radius 2 is 1.73 bits per heavy atom. The maximum Gasteiger partial charge on any atom is 0.403 e.